The van der Waals surface area contributed by atoms with Crippen LogP contribution in [-0.2, 0) is 9.47 Å². The number of nitrogens with zero attached hydrogens (tertiary/aromatic N) is 2. The van der Waals surface area contributed by atoms with E-state index in [1.807, 2.05) is 14.2 Å². The standard InChI is InChI=1S/C38H48N2O2S/c1-41-35-21-34-30-17-9-26(10-18-30)24-5-13-28(14-6-24)32-20-19-31(37-38(32)40-43-39-37)27-11-3-23(4-12-27)25-7-15-29(16-8-25)33(35)22-36(34)42-2/h3,7,9,11,13,15,17,21,23-25,27,29,31-34,36H,4-6,8,10,12,14,16,18-20,22H2,1-2H3/t23?,24?,25?,27?,29?,31?,32?,33?,34?,36-/m1/s1. The van der Waals surface area contributed by atoms with Crippen LogP contribution in [0.4, 0.5) is 0 Å². The molecule has 0 saturated heterocycles. The molecule has 43 heavy (non-hydrogen) atoms. The second kappa shape index (κ2) is 11.9. The van der Waals surface area contributed by atoms with Gasteiger partial charge < -0.3 is 9.47 Å². The predicted molar refractivity (Wildman–Crippen MR) is 174 cm³/mol. The van der Waals surface area contributed by atoms with Crippen molar-refractivity contribution in [2.75, 3.05) is 14.2 Å². The van der Waals surface area contributed by atoms with Crippen LogP contribution in [0.1, 0.15) is 100 Å². The molecule has 0 aliphatic heterocycles. The first kappa shape index (κ1) is 28.2. The number of hydrogen-bond acceptors (Lipinski definition) is 5. The zero-order valence-electron chi connectivity index (χ0n) is 26.0. The summed E-state index contributed by atoms with van der Waals surface area (Å²) in [5.41, 5.74) is 7.48. The first-order chi connectivity index (χ1) is 21.2. The van der Waals surface area contributed by atoms with Crippen molar-refractivity contribution in [3.8, 4) is 0 Å². The lowest BCUT2D eigenvalue weighted by molar-refractivity contribution is 0.0313. The van der Waals surface area contributed by atoms with Crippen LogP contribution in [0.3, 0.4) is 0 Å². The fourth-order valence-electron chi connectivity index (χ4n) is 10.1. The highest BCUT2D eigenvalue weighted by Crippen LogP contribution is 2.51. The summed E-state index contributed by atoms with van der Waals surface area (Å²) in [4.78, 5) is 0. The van der Waals surface area contributed by atoms with Crippen LogP contribution in [0.5, 0.6) is 0 Å². The third kappa shape index (κ3) is 5.17. The van der Waals surface area contributed by atoms with Gasteiger partial charge >= 0.3 is 0 Å². The summed E-state index contributed by atoms with van der Waals surface area (Å²) in [5.74, 6) is 6.11. The number of allylic oxidation sites excluding steroid dienone is 10. The predicted octanol–water partition coefficient (Wildman–Crippen LogP) is 9.23. The average molecular weight is 597 g/mol. The first-order valence-electron chi connectivity index (χ1n) is 17.3. The maximum atomic E-state index is 6.21. The van der Waals surface area contributed by atoms with Gasteiger partial charge in [0.1, 0.15) is 0 Å². The lowest BCUT2D eigenvalue weighted by Crippen LogP contribution is -2.35. The van der Waals surface area contributed by atoms with E-state index in [-0.39, 0.29) is 6.10 Å². The second-order valence-electron chi connectivity index (χ2n) is 14.5. The molecule has 22 aliphatic carbocycles. The van der Waals surface area contributed by atoms with Crippen molar-refractivity contribution in [3.05, 3.63) is 82.5 Å². The van der Waals surface area contributed by atoms with E-state index in [0.29, 0.717) is 53.3 Å². The van der Waals surface area contributed by atoms with Gasteiger partial charge in [-0.05, 0) is 113 Å². The molecule has 5 heteroatoms. The van der Waals surface area contributed by atoms with Crippen LogP contribution in [0.25, 0.3) is 0 Å². The van der Waals surface area contributed by atoms with Crippen molar-refractivity contribution < 1.29 is 9.47 Å². The van der Waals surface area contributed by atoms with Crippen molar-refractivity contribution >= 4 is 11.7 Å². The Hall–Kier alpha value is -2.24. The van der Waals surface area contributed by atoms with Gasteiger partial charge in [0.15, 0.2) is 0 Å². The van der Waals surface area contributed by atoms with E-state index in [9.17, 15) is 0 Å². The molecule has 1 heterocycles. The number of hydrogen-bond donors (Lipinski definition) is 0. The molecule has 12 bridgehead atoms. The van der Waals surface area contributed by atoms with E-state index in [1.54, 1.807) is 11.1 Å². The highest BCUT2D eigenvalue weighted by atomic mass is 32.1. The van der Waals surface area contributed by atoms with Crippen molar-refractivity contribution in [3.63, 3.8) is 0 Å². The van der Waals surface area contributed by atoms with Crippen molar-refractivity contribution in [1.82, 2.24) is 8.75 Å². The quantitative estimate of drug-likeness (QED) is 0.319. The Morgan fingerprint density at radius 2 is 1.40 bits per heavy atom. The molecule has 1 aromatic heterocycles. The average Bonchev–Trinajstić information content (AvgIpc) is 3.58. The summed E-state index contributed by atoms with van der Waals surface area (Å²) in [5, 5.41) is 0. The number of methoxy groups -OCH3 is 2. The van der Waals surface area contributed by atoms with E-state index in [0.717, 1.165) is 12.8 Å². The Labute approximate surface area is 262 Å². The van der Waals surface area contributed by atoms with Crippen molar-refractivity contribution in [1.29, 1.82) is 0 Å². The smallest absolute Gasteiger partial charge is 0.0960 e. The molecule has 23 rings (SSSR count). The van der Waals surface area contributed by atoms with E-state index in [2.05, 4.69) is 48.6 Å². The second-order valence-corrected chi connectivity index (χ2v) is 15.0. The summed E-state index contributed by atoms with van der Waals surface area (Å²) < 4.78 is 22.2. The van der Waals surface area contributed by atoms with Gasteiger partial charge in [-0.1, -0.05) is 59.3 Å². The monoisotopic (exact) mass is 596 g/mol. The first-order valence-corrected chi connectivity index (χ1v) is 18.0. The lowest BCUT2D eigenvalue weighted by Gasteiger charge is -2.41. The van der Waals surface area contributed by atoms with Crippen molar-refractivity contribution in [2.45, 2.75) is 95.0 Å². The third-order valence-corrected chi connectivity index (χ3v) is 13.2. The normalized spacial score (nSPS) is 40.1. The van der Waals surface area contributed by atoms with Crippen LogP contribution in [0.2, 0.25) is 0 Å². The third-order valence-electron chi connectivity index (χ3n) is 12.6. The molecule has 0 radical (unpaired) electrons. The molecule has 1 aromatic rings. The molecule has 9 unspecified atom stereocenters. The largest absolute Gasteiger partial charge is 0.501 e. The van der Waals surface area contributed by atoms with Gasteiger partial charge in [-0.15, -0.1) is 0 Å². The SMILES string of the molecule is COC1=CC2C3=CC=C(CC3)C3CC=C(CC3)C3CCC(c4nsnc43)C3C=CC(CC3)C3C=CC(CC3)C1C[C@H]2OC. The van der Waals surface area contributed by atoms with E-state index in [4.69, 9.17) is 18.2 Å². The zero-order chi connectivity index (χ0) is 28.9. The van der Waals surface area contributed by atoms with Crippen LogP contribution in [0, 0.1) is 41.4 Å². The molecule has 228 valence electrons. The minimum atomic E-state index is 0.223. The number of rotatable bonds is 2. The fourth-order valence-corrected chi connectivity index (χ4v) is 10.8. The Morgan fingerprint density at radius 3 is 2.05 bits per heavy atom. The molecule has 0 fully saturated rings. The van der Waals surface area contributed by atoms with Gasteiger partial charge in [0.05, 0.1) is 42.1 Å². The number of aromatic nitrogens is 2. The van der Waals surface area contributed by atoms with E-state index in [1.165, 1.54) is 98.7 Å². The van der Waals surface area contributed by atoms with Crippen LogP contribution in [-0.4, -0.2) is 29.1 Å². The molecule has 10 atom stereocenters. The minimum absolute atomic E-state index is 0.223. The Morgan fingerprint density at radius 1 is 0.698 bits per heavy atom. The highest BCUT2D eigenvalue weighted by molar-refractivity contribution is 6.99. The van der Waals surface area contributed by atoms with E-state index >= 15 is 0 Å². The van der Waals surface area contributed by atoms with Crippen LogP contribution >= 0.6 is 11.7 Å². The molecular weight excluding hydrogens is 548 g/mol. The van der Waals surface area contributed by atoms with Gasteiger partial charge in [-0.25, -0.2) is 0 Å². The minimum Gasteiger partial charge on any atom is -0.501 e. The number of ether oxygens (including phenoxy) is 2. The lowest BCUT2D eigenvalue weighted by atomic mass is 9.66. The van der Waals surface area contributed by atoms with Gasteiger partial charge in [0.25, 0.3) is 0 Å². The van der Waals surface area contributed by atoms with Gasteiger partial charge in [-0.3, -0.25) is 0 Å². The van der Waals surface area contributed by atoms with Crippen molar-refractivity contribution in [2.24, 2.45) is 41.4 Å². The molecule has 0 aromatic carbocycles. The van der Waals surface area contributed by atoms with Gasteiger partial charge in [0.2, 0.25) is 0 Å². The highest BCUT2D eigenvalue weighted by Gasteiger charge is 2.41. The maximum Gasteiger partial charge on any atom is 0.0960 e. The molecule has 4 nitrogen and oxygen atoms in total. The van der Waals surface area contributed by atoms with Gasteiger partial charge in [-0.2, -0.15) is 8.75 Å². The van der Waals surface area contributed by atoms with Crippen LogP contribution < -0.4 is 0 Å². The summed E-state index contributed by atoms with van der Waals surface area (Å²) in [7, 11) is 3.80. The Bertz CT molecular complexity index is 1400. The molecular formula is C38H48N2O2S. The molecule has 0 spiro atoms. The summed E-state index contributed by atoms with van der Waals surface area (Å²) in [6, 6.07) is 0. The van der Waals surface area contributed by atoms with E-state index < -0.39 is 0 Å². The molecule has 0 amide bonds. The van der Waals surface area contributed by atoms with Crippen LogP contribution in [0.15, 0.2) is 71.1 Å². The summed E-state index contributed by atoms with van der Waals surface area (Å²) in [6.07, 6.45) is 35.1. The fraction of sp³-hybridized carbons (Fsp3) is 0.632. The Balaban J connectivity index is 1.14. The maximum absolute atomic E-state index is 6.21. The van der Waals surface area contributed by atoms with Gasteiger partial charge in [0, 0.05) is 30.8 Å². The molecule has 22 aliphatic rings. The zero-order valence-corrected chi connectivity index (χ0v) is 26.8. The summed E-state index contributed by atoms with van der Waals surface area (Å²) in [6.45, 7) is 0. The molecule has 0 saturated carbocycles. The topological polar surface area (TPSA) is 44.2 Å². The Kier molecular flexibility index (Phi) is 7.84. The molecule has 0 N–H and O–H groups in total. The summed E-state index contributed by atoms with van der Waals surface area (Å²) >= 11 is 1.46.